The van der Waals surface area contributed by atoms with E-state index in [1.807, 2.05) is 34.0 Å². The van der Waals surface area contributed by atoms with Gasteiger partial charge >= 0.3 is 0 Å². The predicted molar refractivity (Wildman–Crippen MR) is 128 cm³/mol. The minimum absolute atomic E-state index is 0.114. The lowest BCUT2D eigenvalue weighted by Crippen LogP contribution is -2.31. The summed E-state index contributed by atoms with van der Waals surface area (Å²) in [6, 6.07) is 2.59. The van der Waals surface area contributed by atoms with Crippen molar-refractivity contribution in [1.29, 1.82) is 0 Å². The summed E-state index contributed by atoms with van der Waals surface area (Å²) in [5, 5.41) is 15.6. The van der Waals surface area contributed by atoms with Crippen molar-refractivity contribution in [3.8, 4) is 0 Å². The van der Waals surface area contributed by atoms with Gasteiger partial charge in [-0.25, -0.2) is 9.37 Å². The van der Waals surface area contributed by atoms with Crippen LogP contribution in [0, 0.1) is 5.82 Å². The third-order valence-electron chi connectivity index (χ3n) is 3.08. The van der Waals surface area contributed by atoms with Gasteiger partial charge in [0.15, 0.2) is 0 Å². The van der Waals surface area contributed by atoms with Gasteiger partial charge in [0.1, 0.15) is 28.8 Å². The highest BCUT2D eigenvalue weighted by molar-refractivity contribution is 7.98. The minimum Gasteiger partial charge on any atom is -0.384 e. The molecule has 0 aliphatic rings. The SMILES string of the molecule is C=N/C=C(C(=O)NCC)\C(=N/CSC)Nc1ccc(F)c(C(C)(C)O)n1.CC.CC. The number of nitrogens with zero attached hydrogens (tertiary/aromatic N) is 3. The van der Waals surface area contributed by atoms with Crippen LogP contribution in [0.2, 0.25) is 0 Å². The van der Waals surface area contributed by atoms with Gasteiger partial charge in [0.25, 0.3) is 5.91 Å². The summed E-state index contributed by atoms with van der Waals surface area (Å²) in [5.74, 6) is -0.161. The Labute approximate surface area is 184 Å². The van der Waals surface area contributed by atoms with Gasteiger partial charge in [-0.15, -0.1) is 11.8 Å². The number of nitrogens with one attached hydrogen (secondary N) is 2. The van der Waals surface area contributed by atoms with Crippen LogP contribution in [-0.2, 0) is 10.4 Å². The summed E-state index contributed by atoms with van der Waals surface area (Å²) < 4.78 is 13.9. The number of aromatic nitrogens is 1. The number of amides is 1. The zero-order valence-electron chi connectivity index (χ0n) is 19.3. The summed E-state index contributed by atoms with van der Waals surface area (Å²) in [6.07, 6.45) is 3.16. The van der Waals surface area contributed by atoms with Gasteiger partial charge in [0.2, 0.25) is 0 Å². The van der Waals surface area contributed by atoms with Gasteiger partial charge < -0.3 is 15.7 Å². The van der Waals surface area contributed by atoms with Crippen molar-refractivity contribution in [3.05, 3.63) is 35.4 Å². The van der Waals surface area contributed by atoms with Crippen LogP contribution in [0.25, 0.3) is 0 Å². The van der Waals surface area contributed by atoms with Crippen LogP contribution in [-0.4, -0.2) is 47.2 Å². The van der Waals surface area contributed by atoms with Crippen molar-refractivity contribution in [3.63, 3.8) is 0 Å². The maximum atomic E-state index is 13.9. The Kier molecular flexibility index (Phi) is 16.5. The lowest BCUT2D eigenvalue weighted by molar-refractivity contribution is -0.116. The van der Waals surface area contributed by atoms with Gasteiger partial charge in [-0.1, -0.05) is 27.7 Å². The number of carbonyl (C=O) groups excluding carboxylic acids is 1. The number of amidine groups is 1. The number of pyridine rings is 1. The van der Waals surface area contributed by atoms with Crippen LogP contribution >= 0.6 is 11.8 Å². The molecular weight excluding hydrogens is 405 g/mol. The largest absolute Gasteiger partial charge is 0.384 e. The van der Waals surface area contributed by atoms with Crippen molar-refractivity contribution in [2.45, 2.75) is 54.1 Å². The molecule has 7 nitrogen and oxygen atoms in total. The van der Waals surface area contributed by atoms with Gasteiger partial charge in [-0.2, -0.15) is 0 Å². The molecule has 3 N–H and O–H groups in total. The highest BCUT2D eigenvalue weighted by Crippen LogP contribution is 2.22. The summed E-state index contributed by atoms with van der Waals surface area (Å²) in [4.78, 5) is 24.4. The van der Waals surface area contributed by atoms with Crippen LogP contribution in [0.4, 0.5) is 10.2 Å². The second kappa shape index (κ2) is 16.5. The Morgan fingerprint density at radius 3 is 2.40 bits per heavy atom. The Hall–Kier alpha value is -2.26. The van der Waals surface area contributed by atoms with E-state index in [1.54, 1.807) is 6.92 Å². The van der Waals surface area contributed by atoms with Crippen LogP contribution < -0.4 is 10.6 Å². The fraction of sp³-hybridized carbons (Fsp3) is 0.524. The highest BCUT2D eigenvalue weighted by Gasteiger charge is 2.24. The zero-order chi connectivity index (χ0) is 23.7. The first kappa shape index (κ1) is 29.9. The van der Waals surface area contributed by atoms with E-state index < -0.39 is 11.4 Å². The molecular formula is C21H36FN5O2S. The molecule has 0 spiro atoms. The molecule has 0 aliphatic heterocycles. The van der Waals surface area contributed by atoms with E-state index in [0.717, 1.165) is 0 Å². The first-order chi connectivity index (χ1) is 14.2. The molecule has 1 rings (SSSR count). The number of halogens is 1. The molecule has 0 aromatic carbocycles. The Morgan fingerprint density at radius 2 is 1.93 bits per heavy atom. The molecule has 170 valence electrons. The van der Waals surface area contributed by atoms with Crippen molar-refractivity contribution in [2.75, 3.05) is 24.0 Å². The smallest absolute Gasteiger partial charge is 0.256 e. The second-order valence-electron chi connectivity index (χ2n) is 5.72. The number of aliphatic hydroxyl groups is 1. The summed E-state index contributed by atoms with van der Waals surface area (Å²) in [5.41, 5.74) is -1.40. The van der Waals surface area contributed by atoms with Crippen LogP contribution in [0.5, 0.6) is 0 Å². The molecule has 0 radical (unpaired) electrons. The number of thioether (sulfide) groups is 1. The van der Waals surface area contributed by atoms with Gasteiger partial charge in [0.05, 0.1) is 11.4 Å². The van der Waals surface area contributed by atoms with Crippen molar-refractivity contribution >= 4 is 36.0 Å². The van der Waals surface area contributed by atoms with E-state index in [2.05, 4.69) is 32.3 Å². The molecule has 0 saturated carbocycles. The molecule has 1 aromatic rings. The van der Waals surface area contributed by atoms with Crippen molar-refractivity contribution in [1.82, 2.24) is 10.3 Å². The summed E-state index contributed by atoms with van der Waals surface area (Å²) in [7, 11) is 0. The number of hydrogen-bond acceptors (Lipinski definition) is 6. The molecule has 1 amide bonds. The highest BCUT2D eigenvalue weighted by atomic mass is 32.2. The topological polar surface area (TPSA) is 99.0 Å². The minimum atomic E-state index is -1.46. The first-order valence-electron chi connectivity index (χ1n) is 9.89. The Morgan fingerprint density at radius 1 is 1.33 bits per heavy atom. The average Bonchev–Trinajstić information content (AvgIpc) is 2.73. The Bertz CT molecular complexity index is 716. The number of anilines is 1. The molecule has 0 bridgehead atoms. The van der Waals surface area contributed by atoms with Crippen LogP contribution in [0.15, 0.2) is 33.9 Å². The molecule has 0 aliphatic carbocycles. The van der Waals surface area contributed by atoms with E-state index in [0.29, 0.717) is 12.4 Å². The molecule has 1 aromatic heterocycles. The number of hydrogen-bond donors (Lipinski definition) is 3. The lowest BCUT2D eigenvalue weighted by atomic mass is 10.0. The predicted octanol–water partition coefficient (Wildman–Crippen LogP) is 4.35. The van der Waals surface area contributed by atoms with Gasteiger partial charge in [-0.05, 0) is 45.9 Å². The maximum Gasteiger partial charge on any atom is 0.256 e. The van der Waals surface area contributed by atoms with Gasteiger partial charge in [0, 0.05) is 12.7 Å². The van der Waals surface area contributed by atoms with Crippen LogP contribution in [0.1, 0.15) is 54.2 Å². The number of carbonyl (C=O) groups is 1. The van der Waals surface area contributed by atoms with E-state index >= 15 is 0 Å². The fourth-order valence-corrected chi connectivity index (χ4v) is 2.22. The average molecular weight is 442 g/mol. The molecule has 0 atom stereocenters. The quantitative estimate of drug-likeness (QED) is 0.316. The second-order valence-corrected chi connectivity index (χ2v) is 6.56. The standard InChI is InChI=1S/C17H24FN5O2S.2C2H6/c1-6-20-16(24)11(9-19-4)15(21-10-26-5)23-13-8-7-12(18)14(22-13)17(2,3)25;2*1-2/h7-9,25H,4,6,10H2,1-3,5H3,(H,20,24)(H,21,22,23);2*1-2H3/b11-9+;;. The fourth-order valence-electron chi connectivity index (χ4n) is 1.96. The molecule has 0 fully saturated rings. The molecule has 0 unspecified atom stereocenters. The van der Waals surface area contributed by atoms with Crippen molar-refractivity contribution < 1.29 is 14.3 Å². The zero-order valence-corrected chi connectivity index (χ0v) is 20.2. The van der Waals surface area contributed by atoms with Gasteiger partial charge in [-0.3, -0.25) is 14.8 Å². The molecule has 30 heavy (non-hydrogen) atoms. The maximum absolute atomic E-state index is 13.9. The first-order valence-corrected chi connectivity index (χ1v) is 11.3. The molecule has 9 heteroatoms. The number of aliphatic imine (C=N–C) groups is 2. The third kappa shape index (κ3) is 10.5. The number of rotatable bonds is 8. The van der Waals surface area contributed by atoms with E-state index in [-0.39, 0.29) is 28.8 Å². The normalized spacial score (nSPS) is 11.4. The van der Waals surface area contributed by atoms with E-state index in [1.165, 1.54) is 43.9 Å². The summed E-state index contributed by atoms with van der Waals surface area (Å²) in [6.45, 7) is 16.5. The summed E-state index contributed by atoms with van der Waals surface area (Å²) >= 11 is 1.46. The third-order valence-corrected chi connectivity index (χ3v) is 3.47. The Balaban J connectivity index is 0. The van der Waals surface area contributed by atoms with Crippen LogP contribution in [0.3, 0.4) is 0 Å². The van der Waals surface area contributed by atoms with E-state index in [9.17, 15) is 14.3 Å². The van der Waals surface area contributed by atoms with Crippen molar-refractivity contribution in [2.24, 2.45) is 9.98 Å². The van der Waals surface area contributed by atoms with E-state index in [4.69, 9.17) is 0 Å². The lowest BCUT2D eigenvalue weighted by Gasteiger charge is -2.19. The molecule has 0 saturated heterocycles. The number of likely N-dealkylation sites (N-methyl/N-ethyl adjacent to an activating group) is 1. The monoisotopic (exact) mass is 441 g/mol. The molecule has 1 heterocycles.